The van der Waals surface area contributed by atoms with Gasteiger partial charge in [0.1, 0.15) is 0 Å². The maximum atomic E-state index is 13.0. The zero-order chi connectivity index (χ0) is 13.3. The monoisotopic (exact) mass is 260 g/mol. The summed E-state index contributed by atoms with van der Waals surface area (Å²) in [5.74, 6) is -5.85. The van der Waals surface area contributed by atoms with E-state index < -0.39 is 43.3 Å². The number of ether oxygens (including phenoxy) is 2. The largest absolute Gasteiger partial charge is 0.462 e. The predicted octanol–water partition coefficient (Wildman–Crippen LogP) is 2.07. The lowest BCUT2D eigenvalue weighted by Gasteiger charge is -2.25. The summed E-state index contributed by atoms with van der Waals surface area (Å²) in [4.78, 5) is 10.6. The lowest BCUT2D eigenvalue weighted by atomic mass is 9.98. The van der Waals surface area contributed by atoms with Crippen molar-refractivity contribution in [2.24, 2.45) is 0 Å². The molecule has 0 saturated carbocycles. The van der Waals surface area contributed by atoms with Crippen LogP contribution in [0.5, 0.6) is 0 Å². The zero-order valence-electron chi connectivity index (χ0n) is 8.52. The van der Waals surface area contributed by atoms with Crippen LogP contribution in [0.2, 0.25) is 0 Å². The minimum atomic E-state index is -5.69. The number of esters is 1. The first-order chi connectivity index (χ1) is 7.66. The first kappa shape index (κ1) is 13.9. The highest BCUT2D eigenvalue weighted by Crippen LogP contribution is 2.53. The SMILES string of the molecule is C=CC(=O)OCCC1(C(F)(F)C(F)(F)F)CO1. The number of rotatable bonds is 5. The normalized spacial score (nSPS) is 24.3. The predicted molar refractivity (Wildman–Crippen MR) is 45.5 cm³/mol. The standard InChI is InChI=1S/C9H9F5O3/c1-2-6(15)16-4-3-7(5-17-7)8(10,11)9(12,13)14/h2H,1,3-5H2. The molecule has 17 heavy (non-hydrogen) atoms. The molecule has 0 spiro atoms. The molecule has 1 aliphatic rings. The number of carbonyl (C=O) groups excluding carboxylic acids is 1. The molecule has 98 valence electrons. The summed E-state index contributed by atoms with van der Waals surface area (Å²) in [7, 11) is 0. The second kappa shape index (κ2) is 4.25. The summed E-state index contributed by atoms with van der Waals surface area (Å²) < 4.78 is 70.7. The average molecular weight is 260 g/mol. The van der Waals surface area contributed by atoms with Gasteiger partial charge in [0.15, 0.2) is 5.60 Å². The summed E-state index contributed by atoms with van der Waals surface area (Å²) in [6, 6.07) is 0. The summed E-state index contributed by atoms with van der Waals surface area (Å²) in [6.45, 7) is 1.74. The fourth-order valence-electron chi connectivity index (χ4n) is 1.20. The van der Waals surface area contributed by atoms with Crippen LogP contribution in [0.15, 0.2) is 12.7 Å². The summed E-state index contributed by atoms with van der Waals surface area (Å²) >= 11 is 0. The van der Waals surface area contributed by atoms with Crippen LogP contribution in [0.1, 0.15) is 6.42 Å². The van der Waals surface area contributed by atoms with Gasteiger partial charge in [-0.1, -0.05) is 6.58 Å². The van der Waals surface area contributed by atoms with Crippen molar-refractivity contribution >= 4 is 5.97 Å². The molecule has 1 saturated heterocycles. The van der Waals surface area contributed by atoms with Gasteiger partial charge >= 0.3 is 18.1 Å². The molecule has 1 rings (SSSR count). The van der Waals surface area contributed by atoms with Gasteiger partial charge in [0.05, 0.1) is 13.2 Å². The lowest BCUT2D eigenvalue weighted by Crippen LogP contribution is -2.50. The molecule has 0 radical (unpaired) electrons. The highest BCUT2D eigenvalue weighted by molar-refractivity contribution is 5.81. The highest BCUT2D eigenvalue weighted by Gasteiger charge is 2.76. The maximum Gasteiger partial charge on any atom is 0.456 e. The van der Waals surface area contributed by atoms with Crippen molar-refractivity contribution in [3.63, 3.8) is 0 Å². The Bertz CT molecular complexity index is 319. The van der Waals surface area contributed by atoms with Crippen LogP contribution in [0.4, 0.5) is 22.0 Å². The van der Waals surface area contributed by atoms with Gasteiger partial charge in [-0.05, 0) is 0 Å². The molecule has 8 heteroatoms. The third kappa shape index (κ3) is 2.56. The van der Waals surface area contributed by atoms with Crippen LogP contribution in [0.3, 0.4) is 0 Å². The van der Waals surface area contributed by atoms with E-state index in [-0.39, 0.29) is 0 Å². The molecule has 1 heterocycles. The Balaban J connectivity index is 2.58. The van der Waals surface area contributed by atoms with Crippen LogP contribution < -0.4 is 0 Å². The minimum absolute atomic E-state index is 0.587. The van der Waals surface area contributed by atoms with Gasteiger partial charge in [-0.25, -0.2) is 4.79 Å². The van der Waals surface area contributed by atoms with Gasteiger partial charge in [-0.3, -0.25) is 0 Å². The van der Waals surface area contributed by atoms with E-state index in [1.807, 2.05) is 0 Å². The molecule has 0 N–H and O–H groups in total. The Hall–Kier alpha value is -1.18. The smallest absolute Gasteiger partial charge is 0.456 e. The number of epoxide rings is 1. The second-order valence-corrected chi connectivity index (χ2v) is 3.48. The lowest BCUT2D eigenvalue weighted by molar-refractivity contribution is -0.306. The summed E-state index contributed by atoms with van der Waals surface area (Å²) in [5.41, 5.74) is -2.60. The molecule has 0 aromatic carbocycles. The van der Waals surface area contributed by atoms with Crippen molar-refractivity contribution in [2.75, 3.05) is 13.2 Å². The molecule has 1 fully saturated rings. The van der Waals surface area contributed by atoms with Crippen LogP contribution in [-0.4, -0.2) is 36.9 Å². The molecule has 3 nitrogen and oxygen atoms in total. The number of alkyl halides is 5. The zero-order valence-corrected chi connectivity index (χ0v) is 8.52. The Kier molecular flexibility index (Phi) is 3.47. The first-order valence-corrected chi connectivity index (χ1v) is 4.54. The molecule has 0 bridgehead atoms. The fourth-order valence-corrected chi connectivity index (χ4v) is 1.20. The van der Waals surface area contributed by atoms with E-state index in [0.29, 0.717) is 0 Å². The van der Waals surface area contributed by atoms with Gasteiger partial charge in [-0.15, -0.1) is 0 Å². The van der Waals surface area contributed by atoms with Crippen LogP contribution in [0, 0.1) is 0 Å². The molecule has 1 unspecified atom stereocenters. The number of halogens is 5. The molecular formula is C9H9F5O3. The van der Waals surface area contributed by atoms with Gasteiger partial charge in [0.2, 0.25) is 0 Å². The van der Waals surface area contributed by atoms with Crippen molar-refractivity contribution in [3.8, 4) is 0 Å². The molecule has 1 atom stereocenters. The molecule has 0 aromatic rings. The number of carbonyl (C=O) groups is 1. The van der Waals surface area contributed by atoms with Crippen molar-refractivity contribution in [1.29, 1.82) is 0 Å². The van der Waals surface area contributed by atoms with Gasteiger partial charge < -0.3 is 9.47 Å². The first-order valence-electron chi connectivity index (χ1n) is 4.54. The van der Waals surface area contributed by atoms with Crippen molar-refractivity contribution in [3.05, 3.63) is 12.7 Å². The van der Waals surface area contributed by atoms with E-state index in [0.717, 1.165) is 6.08 Å². The van der Waals surface area contributed by atoms with Crippen molar-refractivity contribution in [2.45, 2.75) is 24.1 Å². The Morgan fingerprint density at radius 2 is 1.94 bits per heavy atom. The fraction of sp³-hybridized carbons (Fsp3) is 0.667. The van der Waals surface area contributed by atoms with Crippen molar-refractivity contribution in [1.82, 2.24) is 0 Å². The summed E-state index contributed by atoms with van der Waals surface area (Å²) in [6.07, 6.45) is -5.63. The van der Waals surface area contributed by atoms with Crippen molar-refractivity contribution < 1.29 is 36.2 Å². The maximum absolute atomic E-state index is 13.0. The van der Waals surface area contributed by atoms with Crippen LogP contribution in [0.25, 0.3) is 0 Å². The number of hydrogen-bond acceptors (Lipinski definition) is 3. The molecule has 0 aliphatic carbocycles. The van der Waals surface area contributed by atoms with E-state index in [4.69, 9.17) is 0 Å². The number of hydrogen-bond donors (Lipinski definition) is 0. The average Bonchev–Trinajstić information content (AvgIpc) is 2.97. The topological polar surface area (TPSA) is 38.8 Å². The molecule has 1 aliphatic heterocycles. The summed E-state index contributed by atoms with van der Waals surface area (Å²) in [5, 5.41) is 0. The highest BCUT2D eigenvalue weighted by atomic mass is 19.4. The van der Waals surface area contributed by atoms with Gasteiger partial charge in [0, 0.05) is 12.5 Å². The van der Waals surface area contributed by atoms with E-state index in [1.165, 1.54) is 0 Å². The second-order valence-electron chi connectivity index (χ2n) is 3.48. The molecule has 0 aromatic heterocycles. The third-order valence-corrected chi connectivity index (χ3v) is 2.34. The minimum Gasteiger partial charge on any atom is -0.462 e. The molecule has 0 amide bonds. The molecular weight excluding hydrogens is 251 g/mol. The van der Waals surface area contributed by atoms with E-state index in [1.54, 1.807) is 0 Å². The Morgan fingerprint density at radius 3 is 2.29 bits per heavy atom. The van der Waals surface area contributed by atoms with E-state index in [2.05, 4.69) is 16.1 Å². The van der Waals surface area contributed by atoms with E-state index >= 15 is 0 Å². The van der Waals surface area contributed by atoms with E-state index in [9.17, 15) is 26.7 Å². The van der Waals surface area contributed by atoms with Gasteiger partial charge in [-0.2, -0.15) is 22.0 Å². The quantitative estimate of drug-likeness (QED) is 0.329. The third-order valence-electron chi connectivity index (χ3n) is 2.34. The van der Waals surface area contributed by atoms with Crippen LogP contribution >= 0.6 is 0 Å². The Morgan fingerprint density at radius 1 is 1.41 bits per heavy atom. The van der Waals surface area contributed by atoms with Crippen LogP contribution in [-0.2, 0) is 14.3 Å². The Labute approximate surface area is 93.2 Å². The van der Waals surface area contributed by atoms with Gasteiger partial charge in [0.25, 0.3) is 0 Å².